The van der Waals surface area contributed by atoms with E-state index >= 15 is 0 Å². The average Bonchev–Trinajstić information content (AvgIpc) is 3.32. The summed E-state index contributed by atoms with van der Waals surface area (Å²) in [6, 6.07) is 8.70. The number of benzene rings is 1. The SMILES string of the molecule is CN=C(NCC1(c2ccccc2Cl)CCOCC1)NC1CCN(CC2CCOC2)CC1.I. The molecule has 0 bridgehead atoms. The van der Waals surface area contributed by atoms with Gasteiger partial charge in [0.05, 0.1) is 6.61 Å². The molecule has 3 fully saturated rings. The smallest absolute Gasteiger partial charge is 0.191 e. The Morgan fingerprint density at radius 3 is 2.53 bits per heavy atom. The average molecular weight is 577 g/mol. The van der Waals surface area contributed by atoms with E-state index in [1.54, 1.807) is 0 Å². The summed E-state index contributed by atoms with van der Waals surface area (Å²) in [5, 5.41) is 8.13. The van der Waals surface area contributed by atoms with E-state index in [-0.39, 0.29) is 29.4 Å². The highest BCUT2D eigenvalue weighted by atomic mass is 127. The van der Waals surface area contributed by atoms with Gasteiger partial charge >= 0.3 is 0 Å². The normalized spacial score (nSPS) is 24.7. The first kappa shape index (κ1) is 26.0. The third-order valence-corrected chi connectivity index (χ3v) is 7.51. The number of hydrogen-bond donors (Lipinski definition) is 2. The van der Waals surface area contributed by atoms with Gasteiger partial charge in [0.15, 0.2) is 5.96 Å². The molecule has 3 aliphatic heterocycles. The van der Waals surface area contributed by atoms with Crippen LogP contribution >= 0.6 is 35.6 Å². The van der Waals surface area contributed by atoms with Gasteiger partial charge in [-0.05, 0) is 49.7 Å². The molecule has 0 aliphatic carbocycles. The van der Waals surface area contributed by atoms with Crippen molar-refractivity contribution in [2.24, 2.45) is 10.9 Å². The molecule has 1 aromatic carbocycles. The zero-order chi connectivity index (χ0) is 21.5. The predicted molar refractivity (Wildman–Crippen MR) is 141 cm³/mol. The first-order valence-corrected chi connectivity index (χ1v) is 12.2. The van der Waals surface area contributed by atoms with Crippen molar-refractivity contribution in [2.45, 2.75) is 43.6 Å². The Morgan fingerprint density at radius 2 is 1.88 bits per heavy atom. The van der Waals surface area contributed by atoms with E-state index < -0.39 is 0 Å². The lowest BCUT2D eigenvalue weighted by Crippen LogP contribution is -2.52. The lowest BCUT2D eigenvalue weighted by molar-refractivity contribution is 0.0514. The van der Waals surface area contributed by atoms with Crippen molar-refractivity contribution in [3.63, 3.8) is 0 Å². The number of ether oxygens (including phenoxy) is 2. The van der Waals surface area contributed by atoms with Gasteiger partial charge in [-0.3, -0.25) is 4.99 Å². The summed E-state index contributed by atoms with van der Waals surface area (Å²) >= 11 is 6.60. The first-order valence-electron chi connectivity index (χ1n) is 11.8. The van der Waals surface area contributed by atoms with Crippen LogP contribution in [0.15, 0.2) is 29.3 Å². The maximum Gasteiger partial charge on any atom is 0.191 e. The van der Waals surface area contributed by atoms with Gasteiger partial charge in [0.25, 0.3) is 0 Å². The molecule has 3 heterocycles. The van der Waals surface area contributed by atoms with E-state index in [1.807, 2.05) is 19.2 Å². The lowest BCUT2D eigenvalue weighted by atomic mass is 9.74. The molecule has 0 spiro atoms. The number of piperidine rings is 1. The first-order chi connectivity index (χ1) is 15.2. The number of nitrogens with zero attached hydrogens (tertiary/aromatic N) is 2. The quantitative estimate of drug-likeness (QED) is 0.308. The van der Waals surface area contributed by atoms with Crippen LogP contribution in [-0.4, -0.2) is 76.6 Å². The summed E-state index contributed by atoms with van der Waals surface area (Å²) in [4.78, 5) is 7.12. The molecule has 180 valence electrons. The Balaban J connectivity index is 0.00000289. The number of aliphatic imine (C=N–C) groups is 1. The van der Waals surface area contributed by atoms with Gasteiger partial charge in [-0.2, -0.15) is 0 Å². The lowest BCUT2D eigenvalue weighted by Gasteiger charge is -2.39. The van der Waals surface area contributed by atoms with Crippen LogP contribution in [0, 0.1) is 5.92 Å². The molecule has 1 unspecified atom stereocenters. The zero-order valence-corrected chi connectivity index (χ0v) is 22.2. The summed E-state index contributed by atoms with van der Waals surface area (Å²) in [6.07, 6.45) is 5.44. The van der Waals surface area contributed by atoms with Crippen LogP contribution in [0.3, 0.4) is 0 Å². The predicted octanol–water partition coefficient (Wildman–Crippen LogP) is 3.67. The van der Waals surface area contributed by atoms with Crippen LogP contribution in [0.1, 0.15) is 37.7 Å². The molecule has 2 N–H and O–H groups in total. The van der Waals surface area contributed by atoms with Crippen molar-refractivity contribution in [2.75, 3.05) is 59.7 Å². The fraction of sp³-hybridized carbons (Fsp3) is 0.708. The number of guanidine groups is 1. The van der Waals surface area contributed by atoms with E-state index in [0.717, 1.165) is 88.6 Å². The molecule has 8 heteroatoms. The number of hydrogen-bond acceptors (Lipinski definition) is 4. The van der Waals surface area contributed by atoms with Gasteiger partial charge in [0.2, 0.25) is 0 Å². The largest absolute Gasteiger partial charge is 0.381 e. The highest BCUT2D eigenvalue weighted by Crippen LogP contribution is 2.38. The zero-order valence-electron chi connectivity index (χ0n) is 19.2. The molecule has 0 radical (unpaired) electrons. The maximum absolute atomic E-state index is 6.60. The van der Waals surface area contributed by atoms with Crippen molar-refractivity contribution in [1.82, 2.24) is 15.5 Å². The van der Waals surface area contributed by atoms with Gasteiger partial charge in [-0.15, -0.1) is 24.0 Å². The highest BCUT2D eigenvalue weighted by molar-refractivity contribution is 14.0. The summed E-state index contributed by atoms with van der Waals surface area (Å²) in [5.41, 5.74) is 1.19. The summed E-state index contributed by atoms with van der Waals surface area (Å²) < 4.78 is 11.2. The van der Waals surface area contributed by atoms with Gasteiger partial charge in [-0.25, -0.2) is 0 Å². The molecular formula is C24H38ClIN4O2. The van der Waals surface area contributed by atoms with Crippen LogP contribution in [0.2, 0.25) is 5.02 Å². The molecular weight excluding hydrogens is 539 g/mol. The van der Waals surface area contributed by atoms with Gasteiger partial charge in [0.1, 0.15) is 0 Å². The highest BCUT2D eigenvalue weighted by Gasteiger charge is 2.36. The van der Waals surface area contributed by atoms with Crippen molar-refractivity contribution in [3.05, 3.63) is 34.9 Å². The maximum atomic E-state index is 6.60. The molecule has 0 saturated carbocycles. The molecule has 3 aliphatic rings. The molecule has 4 rings (SSSR count). The molecule has 1 atom stereocenters. The Kier molecular flexibility index (Phi) is 10.4. The number of likely N-dealkylation sites (tertiary alicyclic amines) is 1. The molecule has 1 aromatic rings. The van der Waals surface area contributed by atoms with Crippen molar-refractivity contribution in [1.29, 1.82) is 0 Å². The Hall–Kier alpha value is -0.610. The minimum absolute atomic E-state index is 0. The number of halogens is 2. The molecule has 6 nitrogen and oxygen atoms in total. The number of nitrogens with one attached hydrogen (secondary N) is 2. The number of rotatable bonds is 6. The monoisotopic (exact) mass is 576 g/mol. The van der Waals surface area contributed by atoms with Crippen molar-refractivity contribution >= 4 is 41.5 Å². The molecule has 0 amide bonds. The topological polar surface area (TPSA) is 58.1 Å². The van der Waals surface area contributed by atoms with E-state index in [2.05, 4.69) is 32.7 Å². The molecule has 3 saturated heterocycles. The molecule has 0 aromatic heterocycles. The van der Waals surface area contributed by atoms with E-state index in [9.17, 15) is 0 Å². The van der Waals surface area contributed by atoms with Crippen LogP contribution in [-0.2, 0) is 14.9 Å². The van der Waals surface area contributed by atoms with Gasteiger partial charge in [-0.1, -0.05) is 29.8 Å². The van der Waals surface area contributed by atoms with Crippen LogP contribution in [0.4, 0.5) is 0 Å². The fourth-order valence-corrected chi connectivity index (χ4v) is 5.52. The van der Waals surface area contributed by atoms with Crippen molar-refractivity contribution in [3.8, 4) is 0 Å². The Morgan fingerprint density at radius 1 is 1.12 bits per heavy atom. The second kappa shape index (κ2) is 12.7. The third kappa shape index (κ3) is 6.72. The summed E-state index contributed by atoms with van der Waals surface area (Å²) in [7, 11) is 1.86. The van der Waals surface area contributed by atoms with Crippen LogP contribution in [0.25, 0.3) is 0 Å². The van der Waals surface area contributed by atoms with Gasteiger partial charge < -0.3 is 25.0 Å². The molecule has 32 heavy (non-hydrogen) atoms. The standard InChI is InChI=1S/C24H37ClN4O2.HI/c1-26-23(28-20-6-11-29(12-7-20)16-19-8-13-31-17-19)27-18-24(9-14-30-15-10-24)21-4-2-3-5-22(21)25;/h2-5,19-20H,6-18H2,1H3,(H2,26,27,28);1H. The van der Waals surface area contributed by atoms with Crippen molar-refractivity contribution < 1.29 is 9.47 Å². The second-order valence-corrected chi connectivity index (χ2v) is 9.65. The summed E-state index contributed by atoms with van der Waals surface area (Å²) in [6.45, 7) is 7.69. The minimum atomic E-state index is -0.0269. The van der Waals surface area contributed by atoms with Gasteiger partial charge in [0, 0.05) is 69.5 Å². The Bertz CT molecular complexity index is 730. The van der Waals surface area contributed by atoms with E-state index in [0.29, 0.717) is 6.04 Å². The Labute approximate surface area is 214 Å². The fourth-order valence-electron chi connectivity index (χ4n) is 5.19. The van der Waals surface area contributed by atoms with E-state index in [1.165, 1.54) is 18.5 Å². The van der Waals surface area contributed by atoms with E-state index in [4.69, 9.17) is 21.1 Å². The minimum Gasteiger partial charge on any atom is -0.381 e. The van der Waals surface area contributed by atoms with Crippen LogP contribution in [0.5, 0.6) is 0 Å². The van der Waals surface area contributed by atoms with Crippen LogP contribution < -0.4 is 10.6 Å². The third-order valence-electron chi connectivity index (χ3n) is 7.18. The summed E-state index contributed by atoms with van der Waals surface area (Å²) in [5.74, 6) is 1.61. The second-order valence-electron chi connectivity index (χ2n) is 9.25.